The lowest BCUT2D eigenvalue weighted by molar-refractivity contribution is 0.173. The first-order chi connectivity index (χ1) is 9.22. The fourth-order valence-electron chi connectivity index (χ4n) is 2.47. The Morgan fingerprint density at radius 1 is 1.11 bits per heavy atom. The molecule has 2 aromatic carbocycles. The quantitative estimate of drug-likeness (QED) is 0.858. The molecule has 0 amide bonds. The molecule has 1 atom stereocenters. The van der Waals surface area contributed by atoms with Gasteiger partial charge >= 0.3 is 0 Å². The molecule has 0 aromatic heterocycles. The van der Waals surface area contributed by atoms with Gasteiger partial charge in [-0.3, -0.25) is 0 Å². The molecule has 102 valence electrons. The Hall–Kier alpha value is -1.38. The zero-order valence-corrected chi connectivity index (χ0v) is 11.8. The summed E-state index contributed by atoms with van der Waals surface area (Å²) < 4.78 is 0. The highest BCUT2D eigenvalue weighted by atomic mass is 16.3. The third kappa shape index (κ3) is 3.79. The lowest BCUT2D eigenvalue weighted by Gasteiger charge is -2.22. The molecule has 2 aromatic rings. The van der Waals surface area contributed by atoms with Crippen LogP contribution in [0.15, 0.2) is 42.5 Å². The summed E-state index contributed by atoms with van der Waals surface area (Å²) in [7, 11) is 2.12. The largest absolute Gasteiger partial charge is 0.396 e. The van der Waals surface area contributed by atoms with Crippen molar-refractivity contribution in [3.05, 3.63) is 48.0 Å². The third-order valence-corrected chi connectivity index (χ3v) is 3.67. The number of rotatable bonds is 6. The van der Waals surface area contributed by atoms with E-state index in [1.165, 1.54) is 16.3 Å². The zero-order chi connectivity index (χ0) is 13.7. The topological polar surface area (TPSA) is 23.5 Å². The highest BCUT2D eigenvalue weighted by molar-refractivity contribution is 5.82. The Morgan fingerprint density at radius 2 is 1.84 bits per heavy atom. The van der Waals surface area contributed by atoms with Crippen molar-refractivity contribution in [3.8, 4) is 0 Å². The smallest absolute Gasteiger partial charge is 0.0471 e. The highest BCUT2D eigenvalue weighted by Crippen LogP contribution is 2.17. The Morgan fingerprint density at radius 3 is 2.53 bits per heavy atom. The number of hydrogen-bond acceptors (Lipinski definition) is 2. The van der Waals surface area contributed by atoms with Crippen molar-refractivity contribution in [2.75, 3.05) is 20.2 Å². The minimum absolute atomic E-state index is 0.276. The van der Waals surface area contributed by atoms with Crippen molar-refractivity contribution in [1.29, 1.82) is 0 Å². The second-order valence-corrected chi connectivity index (χ2v) is 5.34. The molecule has 1 N–H and O–H groups in total. The summed E-state index contributed by atoms with van der Waals surface area (Å²) in [5, 5.41) is 11.8. The molecule has 0 fully saturated rings. The maximum Gasteiger partial charge on any atom is 0.0471 e. The lowest BCUT2D eigenvalue weighted by Crippen LogP contribution is -2.26. The van der Waals surface area contributed by atoms with Crippen LogP contribution in [0.5, 0.6) is 0 Å². The van der Waals surface area contributed by atoms with Gasteiger partial charge in [0.25, 0.3) is 0 Å². The van der Waals surface area contributed by atoms with Gasteiger partial charge in [0, 0.05) is 19.7 Å². The normalized spacial score (nSPS) is 13.1. The van der Waals surface area contributed by atoms with Gasteiger partial charge in [-0.15, -0.1) is 0 Å². The molecule has 0 radical (unpaired) electrons. The van der Waals surface area contributed by atoms with Crippen molar-refractivity contribution in [2.24, 2.45) is 5.92 Å². The van der Waals surface area contributed by atoms with E-state index in [1.54, 1.807) is 0 Å². The molecule has 19 heavy (non-hydrogen) atoms. The Balaban J connectivity index is 2.04. The number of nitrogens with zero attached hydrogens (tertiary/aromatic N) is 1. The summed E-state index contributed by atoms with van der Waals surface area (Å²) in [5.74, 6) is 0.380. The number of fused-ring (bicyclic) bond motifs is 1. The Kier molecular flexibility index (Phi) is 4.94. The molecule has 2 nitrogen and oxygen atoms in total. The summed E-state index contributed by atoms with van der Waals surface area (Å²) in [6.07, 6.45) is 1.03. The molecule has 0 heterocycles. The minimum atomic E-state index is 0.276. The van der Waals surface area contributed by atoms with E-state index in [4.69, 9.17) is 0 Å². The van der Waals surface area contributed by atoms with Gasteiger partial charge < -0.3 is 10.0 Å². The molecule has 0 saturated heterocycles. The van der Waals surface area contributed by atoms with Crippen LogP contribution in [-0.4, -0.2) is 30.2 Å². The van der Waals surface area contributed by atoms with Crippen LogP contribution in [0.4, 0.5) is 0 Å². The van der Waals surface area contributed by atoms with E-state index in [0.29, 0.717) is 5.92 Å². The van der Waals surface area contributed by atoms with E-state index >= 15 is 0 Å². The second-order valence-electron chi connectivity index (χ2n) is 5.34. The first-order valence-corrected chi connectivity index (χ1v) is 7.00. The van der Waals surface area contributed by atoms with Gasteiger partial charge in [0.1, 0.15) is 0 Å². The van der Waals surface area contributed by atoms with Gasteiger partial charge in [-0.25, -0.2) is 0 Å². The molecule has 0 aliphatic rings. The number of aliphatic hydroxyl groups excluding tert-OH is 1. The molecule has 0 spiro atoms. The summed E-state index contributed by atoms with van der Waals surface area (Å²) in [6.45, 7) is 4.28. The monoisotopic (exact) mass is 257 g/mol. The van der Waals surface area contributed by atoms with Crippen LogP contribution < -0.4 is 0 Å². The maximum atomic E-state index is 9.26. The Bertz CT molecular complexity index is 519. The van der Waals surface area contributed by atoms with E-state index < -0.39 is 0 Å². The van der Waals surface area contributed by atoms with Gasteiger partial charge in [-0.2, -0.15) is 0 Å². The van der Waals surface area contributed by atoms with Gasteiger partial charge in [0.05, 0.1) is 0 Å². The average Bonchev–Trinajstić information content (AvgIpc) is 2.44. The fourth-order valence-corrected chi connectivity index (χ4v) is 2.47. The first-order valence-electron chi connectivity index (χ1n) is 7.00. The standard InChI is InChI=1S/C17H23NO/c1-3-14(13-19)11-18(2)12-15-8-9-16-6-4-5-7-17(16)10-15/h4-10,14,19H,3,11-13H2,1-2H3. The van der Waals surface area contributed by atoms with E-state index in [0.717, 1.165) is 19.5 Å². The molecule has 0 aliphatic heterocycles. The van der Waals surface area contributed by atoms with Crippen LogP contribution in [-0.2, 0) is 6.54 Å². The number of aliphatic hydroxyl groups is 1. The minimum Gasteiger partial charge on any atom is -0.396 e. The fraction of sp³-hybridized carbons (Fsp3) is 0.412. The van der Waals surface area contributed by atoms with Crippen molar-refractivity contribution < 1.29 is 5.11 Å². The van der Waals surface area contributed by atoms with Crippen LogP contribution in [0.25, 0.3) is 10.8 Å². The van der Waals surface area contributed by atoms with Crippen molar-refractivity contribution in [1.82, 2.24) is 4.90 Å². The molecule has 2 rings (SSSR count). The van der Waals surface area contributed by atoms with E-state index in [2.05, 4.69) is 61.3 Å². The molecular formula is C17H23NO. The Labute approximate surface area is 115 Å². The number of hydrogen-bond donors (Lipinski definition) is 1. The van der Waals surface area contributed by atoms with Crippen molar-refractivity contribution in [2.45, 2.75) is 19.9 Å². The summed E-state index contributed by atoms with van der Waals surface area (Å²) in [4.78, 5) is 2.29. The van der Waals surface area contributed by atoms with Gasteiger partial charge in [0.15, 0.2) is 0 Å². The average molecular weight is 257 g/mol. The molecular weight excluding hydrogens is 234 g/mol. The third-order valence-electron chi connectivity index (χ3n) is 3.67. The van der Waals surface area contributed by atoms with E-state index in [9.17, 15) is 5.11 Å². The van der Waals surface area contributed by atoms with Crippen molar-refractivity contribution in [3.63, 3.8) is 0 Å². The first kappa shape index (κ1) is 14.0. The van der Waals surface area contributed by atoms with Crippen LogP contribution >= 0.6 is 0 Å². The van der Waals surface area contributed by atoms with Crippen LogP contribution in [0.2, 0.25) is 0 Å². The summed E-state index contributed by atoms with van der Waals surface area (Å²) in [5.41, 5.74) is 1.33. The number of benzene rings is 2. The predicted octanol–water partition coefficient (Wildman–Crippen LogP) is 3.29. The molecule has 0 bridgehead atoms. The summed E-state index contributed by atoms with van der Waals surface area (Å²) >= 11 is 0. The molecule has 0 saturated carbocycles. The summed E-state index contributed by atoms with van der Waals surface area (Å²) in [6, 6.07) is 15.1. The maximum absolute atomic E-state index is 9.26. The molecule has 0 aliphatic carbocycles. The van der Waals surface area contributed by atoms with E-state index in [1.807, 2.05) is 0 Å². The van der Waals surface area contributed by atoms with E-state index in [-0.39, 0.29) is 6.61 Å². The highest BCUT2D eigenvalue weighted by Gasteiger charge is 2.09. The molecule has 2 heteroatoms. The lowest BCUT2D eigenvalue weighted by atomic mass is 10.1. The van der Waals surface area contributed by atoms with Gasteiger partial charge in [-0.1, -0.05) is 43.3 Å². The molecule has 1 unspecified atom stereocenters. The second kappa shape index (κ2) is 6.69. The van der Waals surface area contributed by atoms with Gasteiger partial charge in [0.2, 0.25) is 0 Å². The van der Waals surface area contributed by atoms with Gasteiger partial charge in [-0.05, 0) is 41.8 Å². The van der Waals surface area contributed by atoms with Crippen LogP contribution in [0.3, 0.4) is 0 Å². The zero-order valence-electron chi connectivity index (χ0n) is 11.8. The van der Waals surface area contributed by atoms with Crippen LogP contribution in [0, 0.1) is 5.92 Å². The van der Waals surface area contributed by atoms with Crippen molar-refractivity contribution >= 4 is 10.8 Å². The SMILES string of the molecule is CCC(CO)CN(C)Cc1ccc2ccccc2c1. The predicted molar refractivity (Wildman–Crippen MR) is 81.1 cm³/mol. The van der Waals surface area contributed by atoms with Crippen LogP contribution in [0.1, 0.15) is 18.9 Å².